The lowest BCUT2D eigenvalue weighted by Gasteiger charge is -2.06. The van der Waals surface area contributed by atoms with Crippen molar-refractivity contribution >= 4 is 11.8 Å². The second-order valence-corrected chi connectivity index (χ2v) is 6.21. The monoisotopic (exact) mass is 356 g/mol. The van der Waals surface area contributed by atoms with Crippen molar-refractivity contribution in [3.8, 4) is 22.9 Å². The Bertz CT molecular complexity index is 791. The van der Waals surface area contributed by atoms with Crippen LogP contribution in [0.15, 0.2) is 59.8 Å². The molecule has 0 fully saturated rings. The number of hydrogen-bond acceptors (Lipinski definition) is 6. The van der Waals surface area contributed by atoms with Crippen molar-refractivity contribution in [3.63, 3.8) is 0 Å². The molecule has 0 aliphatic carbocycles. The number of para-hydroxylation sites is 1. The van der Waals surface area contributed by atoms with Crippen molar-refractivity contribution in [2.45, 2.75) is 12.1 Å². The van der Waals surface area contributed by atoms with Gasteiger partial charge in [0.1, 0.15) is 11.5 Å². The highest BCUT2D eigenvalue weighted by Gasteiger charge is 2.12. The molecule has 3 rings (SSSR count). The summed E-state index contributed by atoms with van der Waals surface area (Å²) in [6.45, 7) is 3.16. The number of rotatable bonds is 8. The average Bonchev–Trinajstić information content (AvgIpc) is 3.01. The Labute approximate surface area is 150 Å². The first-order valence-corrected chi connectivity index (χ1v) is 9.01. The number of thioether (sulfide) groups is 1. The highest BCUT2D eigenvalue weighted by Crippen LogP contribution is 2.23. The van der Waals surface area contributed by atoms with Crippen LogP contribution in [0.4, 0.5) is 0 Å². The van der Waals surface area contributed by atoms with Gasteiger partial charge in [0, 0.05) is 11.3 Å². The zero-order valence-corrected chi connectivity index (χ0v) is 14.8. The van der Waals surface area contributed by atoms with Crippen LogP contribution in [0.5, 0.6) is 11.5 Å². The lowest BCUT2D eigenvalue weighted by atomic mass is 10.2. The number of hydrogen-bond donors (Lipinski definition) is 1. The van der Waals surface area contributed by atoms with Crippen molar-refractivity contribution in [2.24, 2.45) is 0 Å². The Hall–Kier alpha value is -2.67. The van der Waals surface area contributed by atoms with Gasteiger partial charge in [0.25, 0.3) is 0 Å². The van der Waals surface area contributed by atoms with Gasteiger partial charge < -0.3 is 15.3 Å². The second kappa shape index (κ2) is 8.43. The maximum atomic E-state index is 6.12. The van der Waals surface area contributed by atoms with Crippen molar-refractivity contribution in [2.75, 3.05) is 24.8 Å². The SMILES string of the molecule is CCOc1ccc(-c2nnc(SCCOc3ccccc3)n2N)cc1. The number of nitrogens with two attached hydrogens (primary N) is 1. The number of nitrogens with zero attached hydrogens (tertiary/aromatic N) is 3. The fourth-order valence-corrected chi connectivity index (χ4v) is 2.92. The fourth-order valence-electron chi connectivity index (χ4n) is 2.25. The number of benzene rings is 2. The minimum Gasteiger partial charge on any atom is -0.494 e. The predicted molar refractivity (Wildman–Crippen MR) is 99.4 cm³/mol. The Kier molecular flexibility index (Phi) is 5.79. The second-order valence-electron chi connectivity index (χ2n) is 5.14. The van der Waals surface area contributed by atoms with Gasteiger partial charge in [-0.1, -0.05) is 30.0 Å². The van der Waals surface area contributed by atoms with E-state index in [0.717, 1.165) is 22.8 Å². The summed E-state index contributed by atoms with van der Waals surface area (Å²) in [4.78, 5) is 0. The fraction of sp³-hybridized carbons (Fsp3) is 0.222. The maximum absolute atomic E-state index is 6.12. The Morgan fingerprint density at radius 3 is 2.40 bits per heavy atom. The third kappa shape index (κ3) is 4.45. The van der Waals surface area contributed by atoms with E-state index in [1.165, 1.54) is 16.4 Å². The van der Waals surface area contributed by atoms with Crippen LogP contribution in [-0.2, 0) is 0 Å². The van der Waals surface area contributed by atoms with Crippen LogP contribution in [0.1, 0.15) is 6.92 Å². The summed E-state index contributed by atoms with van der Waals surface area (Å²) in [5, 5.41) is 9.00. The number of nitrogen functional groups attached to an aromatic ring is 1. The average molecular weight is 356 g/mol. The summed E-state index contributed by atoms with van der Waals surface area (Å²) < 4.78 is 12.6. The molecule has 0 amide bonds. The van der Waals surface area contributed by atoms with Crippen LogP contribution in [-0.4, -0.2) is 33.8 Å². The molecule has 7 heteroatoms. The van der Waals surface area contributed by atoms with Crippen LogP contribution in [0.2, 0.25) is 0 Å². The summed E-state index contributed by atoms with van der Waals surface area (Å²) >= 11 is 1.51. The third-order valence-electron chi connectivity index (χ3n) is 3.41. The first kappa shape index (κ1) is 17.2. The van der Waals surface area contributed by atoms with Gasteiger partial charge in [-0.05, 0) is 43.3 Å². The molecule has 0 saturated heterocycles. The molecule has 25 heavy (non-hydrogen) atoms. The number of aromatic nitrogens is 3. The highest BCUT2D eigenvalue weighted by atomic mass is 32.2. The molecule has 0 bridgehead atoms. The van der Waals surface area contributed by atoms with Crippen LogP contribution >= 0.6 is 11.8 Å². The highest BCUT2D eigenvalue weighted by molar-refractivity contribution is 7.99. The van der Waals surface area contributed by atoms with Gasteiger partial charge in [-0.3, -0.25) is 0 Å². The molecule has 0 aliphatic heterocycles. The van der Waals surface area contributed by atoms with E-state index in [-0.39, 0.29) is 0 Å². The molecule has 1 heterocycles. The normalized spacial score (nSPS) is 10.6. The molecule has 6 nitrogen and oxygen atoms in total. The van der Waals surface area contributed by atoms with E-state index in [0.29, 0.717) is 24.2 Å². The molecule has 3 aromatic rings. The molecular weight excluding hydrogens is 336 g/mol. The van der Waals surface area contributed by atoms with Crippen LogP contribution in [0.25, 0.3) is 11.4 Å². The van der Waals surface area contributed by atoms with E-state index in [9.17, 15) is 0 Å². The minimum atomic E-state index is 0.569. The van der Waals surface area contributed by atoms with E-state index >= 15 is 0 Å². The Morgan fingerprint density at radius 1 is 0.960 bits per heavy atom. The summed E-state index contributed by atoms with van der Waals surface area (Å²) in [6, 6.07) is 17.4. The van der Waals surface area contributed by atoms with Crippen molar-refractivity contribution in [3.05, 3.63) is 54.6 Å². The third-order valence-corrected chi connectivity index (χ3v) is 4.32. The summed E-state index contributed by atoms with van der Waals surface area (Å²) in [5.74, 6) is 9.15. The summed E-state index contributed by atoms with van der Waals surface area (Å²) in [7, 11) is 0. The smallest absolute Gasteiger partial charge is 0.210 e. The largest absolute Gasteiger partial charge is 0.494 e. The maximum Gasteiger partial charge on any atom is 0.210 e. The molecule has 0 radical (unpaired) electrons. The van der Waals surface area contributed by atoms with Crippen molar-refractivity contribution in [1.29, 1.82) is 0 Å². The molecule has 0 spiro atoms. The van der Waals surface area contributed by atoms with E-state index in [2.05, 4.69) is 10.2 Å². The molecule has 0 saturated carbocycles. The van der Waals surface area contributed by atoms with Gasteiger partial charge in [-0.15, -0.1) is 10.2 Å². The first-order valence-electron chi connectivity index (χ1n) is 8.02. The zero-order chi connectivity index (χ0) is 17.5. The standard InChI is InChI=1S/C18H20N4O2S/c1-2-23-16-10-8-14(9-11-16)17-20-21-18(22(17)19)25-13-12-24-15-6-4-3-5-7-15/h3-11H,2,12-13,19H2,1H3. The van der Waals surface area contributed by atoms with E-state index in [1.54, 1.807) is 0 Å². The van der Waals surface area contributed by atoms with Gasteiger partial charge in [-0.25, -0.2) is 4.68 Å². The molecule has 0 atom stereocenters. The molecule has 2 N–H and O–H groups in total. The van der Waals surface area contributed by atoms with Gasteiger partial charge in [0.2, 0.25) is 5.16 Å². The zero-order valence-electron chi connectivity index (χ0n) is 14.0. The summed E-state index contributed by atoms with van der Waals surface area (Å²) in [5.41, 5.74) is 0.894. The van der Waals surface area contributed by atoms with Gasteiger partial charge in [-0.2, -0.15) is 0 Å². The summed E-state index contributed by atoms with van der Waals surface area (Å²) in [6.07, 6.45) is 0. The lowest BCUT2D eigenvalue weighted by Crippen LogP contribution is -2.12. The van der Waals surface area contributed by atoms with Crippen LogP contribution in [0, 0.1) is 0 Å². The lowest BCUT2D eigenvalue weighted by molar-refractivity contribution is 0.340. The first-order chi connectivity index (χ1) is 12.3. The minimum absolute atomic E-state index is 0.569. The van der Waals surface area contributed by atoms with Gasteiger partial charge in [0.05, 0.1) is 13.2 Å². The molecule has 0 unspecified atom stereocenters. The Morgan fingerprint density at radius 2 is 1.68 bits per heavy atom. The topological polar surface area (TPSA) is 75.2 Å². The molecule has 130 valence electrons. The van der Waals surface area contributed by atoms with Gasteiger partial charge in [0.15, 0.2) is 5.82 Å². The molecule has 0 aliphatic rings. The Balaban J connectivity index is 1.57. The van der Waals surface area contributed by atoms with E-state index in [4.69, 9.17) is 15.3 Å². The predicted octanol–water partition coefficient (Wildman–Crippen LogP) is 3.23. The van der Waals surface area contributed by atoms with Crippen molar-refractivity contribution < 1.29 is 9.47 Å². The molecular formula is C18H20N4O2S. The van der Waals surface area contributed by atoms with Crippen LogP contribution in [0.3, 0.4) is 0 Å². The van der Waals surface area contributed by atoms with E-state index < -0.39 is 0 Å². The number of ether oxygens (including phenoxy) is 2. The molecule has 2 aromatic carbocycles. The van der Waals surface area contributed by atoms with Crippen molar-refractivity contribution in [1.82, 2.24) is 14.9 Å². The quantitative estimate of drug-likeness (QED) is 0.379. The van der Waals surface area contributed by atoms with Crippen LogP contribution < -0.4 is 15.3 Å². The van der Waals surface area contributed by atoms with E-state index in [1.807, 2.05) is 61.5 Å². The van der Waals surface area contributed by atoms with Gasteiger partial charge >= 0.3 is 0 Å². The molecule has 1 aromatic heterocycles.